The van der Waals surface area contributed by atoms with Gasteiger partial charge in [0.1, 0.15) is 23.5 Å². The van der Waals surface area contributed by atoms with E-state index in [1.165, 1.54) is 18.2 Å². The monoisotopic (exact) mass is 229 g/mol. The number of carbonyl (C=O) groups is 1. The van der Waals surface area contributed by atoms with Gasteiger partial charge in [-0.2, -0.15) is 10.5 Å². The van der Waals surface area contributed by atoms with Crippen molar-refractivity contribution in [1.29, 1.82) is 10.5 Å². The minimum Gasteiger partial charge on any atom is -0.506 e. The summed E-state index contributed by atoms with van der Waals surface area (Å²) in [6.07, 6.45) is 1.08. The normalized spacial score (nSPS) is 8.59. The van der Waals surface area contributed by atoms with Crippen molar-refractivity contribution in [1.82, 2.24) is 0 Å². The first-order valence-electron chi connectivity index (χ1n) is 4.41. The number of nitrogens with one attached hydrogen (secondary N) is 1. The summed E-state index contributed by atoms with van der Waals surface area (Å²) >= 11 is 0. The van der Waals surface area contributed by atoms with Gasteiger partial charge in [-0.15, -0.1) is 0 Å². The number of anilines is 1. The van der Waals surface area contributed by atoms with E-state index >= 15 is 0 Å². The molecule has 1 rings (SSSR count). The van der Waals surface area contributed by atoms with Crippen LogP contribution in [0.1, 0.15) is 10.4 Å². The van der Waals surface area contributed by atoms with E-state index in [2.05, 4.69) is 5.32 Å². The number of phenols is 1. The van der Waals surface area contributed by atoms with E-state index in [4.69, 9.17) is 15.6 Å². The number of aromatic hydroxyl groups is 1. The second-order valence-corrected chi connectivity index (χ2v) is 2.96. The van der Waals surface area contributed by atoms with Crippen molar-refractivity contribution in [3.05, 3.63) is 35.5 Å². The molecule has 0 spiro atoms. The fraction of sp³-hybridized carbons (Fsp3) is 0. The Hall–Kier alpha value is -2.99. The molecule has 17 heavy (non-hydrogen) atoms. The van der Waals surface area contributed by atoms with Gasteiger partial charge in [-0.3, -0.25) is 0 Å². The predicted octanol–water partition coefficient (Wildman–Crippen LogP) is 1.43. The number of carboxylic acid groups (broad SMARTS) is 1. The van der Waals surface area contributed by atoms with Gasteiger partial charge in [0.05, 0.1) is 11.3 Å². The second-order valence-electron chi connectivity index (χ2n) is 2.96. The lowest BCUT2D eigenvalue weighted by Gasteiger charge is -2.04. The Kier molecular flexibility index (Phi) is 3.69. The number of hydrogen-bond acceptors (Lipinski definition) is 5. The van der Waals surface area contributed by atoms with Gasteiger partial charge < -0.3 is 15.5 Å². The third kappa shape index (κ3) is 2.98. The summed E-state index contributed by atoms with van der Waals surface area (Å²) in [4.78, 5) is 10.7. The summed E-state index contributed by atoms with van der Waals surface area (Å²) in [5, 5.41) is 37.6. The van der Waals surface area contributed by atoms with Gasteiger partial charge in [-0.05, 0) is 18.2 Å². The van der Waals surface area contributed by atoms with Gasteiger partial charge in [-0.1, -0.05) is 0 Å². The van der Waals surface area contributed by atoms with Crippen LogP contribution in [0.15, 0.2) is 30.0 Å². The standard InChI is InChI=1S/C11H7N3O3/c12-4-7(5-13)6-14-9-3-8(11(16)17)1-2-10(9)15/h1-3,6,14-15H,(H,16,17). The molecule has 84 valence electrons. The molecule has 0 amide bonds. The molecule has 0 aliphatic carbocycles. The molecule has 6 heteroatoms. The molecule has 0 aliphatic heterocycles. The van der Waals surface area contributed by atoms with Crippen LogP contribution in [0.2, 0.25) is 0 Å². The molecule has 0 saturated heterocycles. The fourth-order valence-corrected chi connectivity index (χ4v) is 1.02. The minimum atomic E-state index is -1.14. The lowest BCUT2D eigenvalue weighted by Crippen LogP contribution is -1.98. The highest BCUT2D eigenvalue weighted by Crippen LogP contribution is 2.24. The molecule has 1 aromatic carbocycles. The van der Waals surface area contributed by atoms with Gasteiger partial charge in [0.2, 0.25) is 0 Å². The number of hydrogen-bond donors (Lipinski definition) is 3. The van der Waals surface area contributed by atoms with E-state index in [0.717, 1.165) is 6.20 Å². The van der Waals surface area contributed by atoms with Crippen LogP contribution in [0.25, 0.3) is 0 Å². The highest BCUT2D eigenvalue weighted by Gasteiger charge is 2.06. The maximum atomic E-state index is 10.7. The maximum Gasteiger partial charge on any atom is 0.335 e. The number of rotatable bonds is 3. The number of carboxylic acids is 1. The lowest BCUT2D eigenvalue weighted by atomic mass is 10.2. The first-order valence-corrected chi connectivity index (χ1v) is 4.41. The molecular formula is C11H7N3O3. The Balaban J connectivity index is 3.04. The smallest absolute Gasteiger partial charge is 0.335 e. The molecule has 1 aromatic rings. The van der Waals surface area contributed by atoms with Crippen molar-refractivity contribution < 1.29 is 15.0 Å². The highest BCUT2D eigenvalue weighted by molar-refractivity contribution is 5.89. The highest BCUT2D eigenvalue weighted by atomic mass is 16.4. The van der Waals surface area contributed by atoms with Gasteiger partial charge in [0.15, 0.2) is 0 Å². The fourth-order valence-electron chi connectivity index (χ4n) is 1.02. The average Bonchev–Trinajstić information content (AvgIpc) is 2.32. The van der Waals surface area contributed by atoms with Crippen molar-refractivity contribution in [3.63, 3.8) is 0 Å². The van der Waals surface area contributed by atoms with Crippen LogP contribution in [0, 0.1) is 22.7 Å². The third-order valence-electron chi connectivity index (χ3n) is 1.86. The molecule has 0 aromatic heterocycles. The van der Waals surface area contributed by atoms with E-state index < -0.39 is 5.97 Å². The first kappa shape index (κ1) is 12.1. The van der Waals surface area contributed by atoms with Crippen LogP contribution in [0.5, 0.6) is 5.75 Å². The number of allylic oxidation sites excluding steroid dienone is 1. The maximum absolute atomic E-state index is 10.7. The summed E-state index contributed by atoms with van der Waals surface area (Å²) in [6.45, 7) is 0. The molecule has 6 nitrogen and oxygen atoms in total. The molecule has 0 heterocycles. The van der Waals surface area contributed by atoms with Crippen molar-refractivity contribution in [3.8, 4) is 17.9 Å². The molecule has 0 saturated carbocycles. The van der Waals surface area contributed by atoms with Crippen LogP contribution in [0.3, 0.4) is 0 Å². The Morgan fingerprint density at radius 1 is 1.35 bits per heavy atom. The molecule has 0 bridgehead atoms. The van der Waals surface area contributed by atoms with Crippen molar-refractivity contribution in [2.24, 2.45) is 0 Å². The molecule has 0 fully saturated rings. The van der Waals surface area contributed by atoms with Gasteiger partial charge in [0, 0.05) is 6.20 Å². The molecule has 0 aliphatic rings. The molecular weight excluding hydrogens is 222 g/mol. The van der Waals surface area contributed by atoms with Crippen LogP contribution >= 0.6 is 0 Å². The van der Waals surface area contributed by atoms with E-state index in [-0.39, 0.29) is 22.6 Å². The number of phenolic OH excluding ortho intramolecular Hbond substituents is 1. The SMILES string of the molecule is N#CC(C#N)=CNc1cc(C(=O)O)ccc1O. The zero-order valence-corrected chi connectivity index (χ0v) is 8.51. The largest absolute Gasteiger partial charge is 0.506 e. The zero-order valence-electron chi connectivity index (χ0n) is 8.51. The van der Waals surface area contributed by atoms with E-state index in [1.54, 1.807) is 12.1 Å². The van der Waals surface area contributed by atoms with E-state index in [0.29, 0.717) is 0 Å². The topological polar surface area (TPSA) is 117 Å². The number of benzene rings is 1. The Morgan fingerprint density at radius 3 is 2.53 bits per heavy atom. The molecule has 0 atom stereocenters. The first-order chi connectivity index (χ1) is 8.08. The second kappa shape index (κ2) is 5.19. The number of aromatic carboxylic acids is 1. The average molecular weight is 229 g/mol. The Labute approximate surface area is 96.7 Å². The van der Waals surface area contributed by atoms with Gasteiger partial charge >= 0.3 is 5.97 Å². The summed E-state index contributed by atoms with van der Waals surface area (Å²) in [5.41, 5.74) is -0.104. The predicted molar refractivity (Wildman–Crippen MR) is 58.0 cm³/mol. The van der Waals surface area contributed by atoms with Crippen LogP contribution < -0.4 is 5.32 Å². The Bertz CT molecular complexity index is 548. The van der Waals surface area contributed by atoms with Crippen LogP contribution in [0.4, 0.5) is 5.69 Å². The van der Waals surface area contributed by atoms with E-state index in [1.807, 2.05) is 0 Å². The molecule has 0 unspecified atom stereocenters. The zero-order chi connectivity index (χ0) is 12.8. The van der Waals surface area contributed by atoms with Crippen LogP contribution in [-0.4, -0.2) is 16.2 Å². The quantitative estimate of drug-likeness (QED) is 0.533. The van der Waals surface area contributed by atoms with E-state index in [9.17, 15) is 9.90 Å². The van der Waals surface area contributed by atoms with Crippen molar-refractivity contribution in [2.45, 2.75) is 0 Å². The molecule has 3 N–H and O–H groups in total. The molecule has 0 radical (unpaired) electrons. The third-order valence-corrected chi connectivity index (χ3v) is 1.86. The lowest BCUT2D eigenvalue weighted by molar-refractivity contribution is 0.0697. The van der Waals surface area contributed by atoms with Crippen molar-refractivity contribution in [2.75, 3.05) is 5.32 Å². The Morgan fingerprint density at radius 2 is 2.00 bits per heavy atom. The summed E-state index contributed by atoms with van der Waals surface area (Å²) in [6, 6.07) is 6.88. The number of nitriles is 2. The summed E-state index contributed by atoms with van der Waals surface area (Å²) < 4.78 is 0. The summed E-state index contributed by atoms with van der Waals surface area (Å²) in [5.74, 6) is -1.32. The van der Waals surface area contributed by atoms with Crippen molar-refractivity contribution >= 4 is 11.7 Å². The van der Waals surface area contributed by atoms with Gasteiger partial charge in [0.25, 0.3) is 0 Å². The summed E-state index contributed by atoms with van der Waals surface area (Å²) in [7, 11) is 0. The van der Waals surface area contributed by atoms with Gasteiger partial charge in [-0.25, -0.2) is 4.79 Å². The van der Waals surface area contributed by atoms with Crippen LogP contribution in [-0.2, 0) is 0 Å². The minimum absolute atomic E-state index is 0.0193. The number of nitrogens with zero attached hydrogens (tertiary/aromatic N) is 2.